The molecule has 0 aromatic heterocycles. The average molecular weight is 217 g/mol. The van der Waals surface area contributed by atoms with Gasteiger partial charge in [-0.3, -0.25) is 10.1 Å². The zero-order valence-corrected chi connectivity index (χ0v) is 8.75. The lowest BCUT2D eigenvalue weighted by atomic mass is 10.0. The van der Waals surface area contributed by atoms with Gasteiger partial charge in [-0.05, 0) is 23.9 Å². The normalized spacial score (nSPS) is 12.6. The van der Waals surface area contributed by atoms with Gasteiger partial charge in [0.25, 0.3) is 5.69 Å². The van der Waals surface area contributed by atoms with Crippen LogP contribution in [0, 0.1) is 10.1 Å². The van der Waals surface area contributed by atoms with E-state index in [1.54, 1.807) is 37.3 Å². The van der Waals surface area contributed by atoms with Crippen molar-refractivity contribution >= 4 is 16.5 Å². The SMILES string of the molecule is CC(O)c1cccc2c([N+](=O)[O-])cccc12. The molecule has 2 rings (SSSR count). The number of aliphatic hydroxyl groups excluding tert-OH is 1. The second-order valence-electron chi connectivity index (χ2n) is 3.65. The molecule has 0 amide bonds. The summed E-state index contributed by atoms with van der Waals surface area (Å²) in [6.45, 7) is 1.65. The van der Waals surface area contributed by atoms with E-state index < -0.39 is 11.0 Å². The Morgan fingerprint density at radius 3 is 2.44 bits per heavy atom. The maximum atomic E-state index is 10.8. The fourth-order valence-electron chi connectivity index (χ4n) is 1.84. The molecule has 16 heavy (non-hydrogen) atoms. The zero-order valence-electron chi connectivity index (χ0n) is 8.75. The van der Waals surface area contributed by atoms with Gasteiger partial charge in [-0.1, -0.05) is 24.3 Å². The first-order valence-corrected chi connectivity index (χ1v) is 4.95. The van der Waals surface area contributed by atoms with Crippen LogP contribution < -0.4 is 0 Å². The number of benzene rings is 2. The summed E-state index contributed by atoms with van der Waals surface area (Å²) < 4.78 is 0. The molecule has 0 aliphatic heterocycles. The summed E-state index contributed by atoms with van der Waals surface area (Å²) >= 11 is 0. The van der Waals surface area contributed by atoms with E-state index in [2.05, 4.69) is 0 Å². The molecule has 4 heteroatoms. The minimum absolute atomic E-state index is 0.0694. The van der Waals surface area contributed by atoms with E-state index in [1.165, 1.54) is 6.07 Å². The van der Waals surface area contributed by atoms with Gasteiger partial charge in [-0.25, -0.2) is 0 Å². The number of aliphatic hydroxyl groups is 1. The molecule has 4 nitrogen and oxygen atoms in total. The molecule has 0 aliphatic rings. The van der Waals surface area contributed by atoms with Crippen LogP contribution in [-0.2, 0) is 0 Å². The first-order chi connectivity index (χ1) is 7.61. The van der Waals surface area contributed by atoms with Crippen LogP contribution in [0.3, 0.4) is 0 Å². The van der Waals surface area contributed by atoms with Crippen LogP contribution in [0.1, 0.15) is 18.6 Å². The Bertz CT molecular complexity index is 549. The van der Waals surface area contributed by atoms with E-state index in [9.17, 15) is 15.2 Å². The number of fused-ring (bicyclic) bond motifs is 1. The van der Waals surface area contributed by atoms with E-state index in [1.807, 2.05) is 0 Å². The fraction of sp³-hybridized carbons (Fsp3) is 0.167. The average Bonchev–Trinajstić information content (AvgIpc) is 2.27. The van der Waals surface area contributed by atoms with Gasteiger partial charge < -0.3 is 5.11 Å². The molecule has 2 aromatic carbocycles. The third-order valence-electron chi connectivity index (χ3n) is 2.58. The molecule has 0 heterocycles. The van der Waals surface area contributed by atoms with Crippen molar-refractivity contribution in [2.24, 2.45) is 0 Å². The molecular weight excluding hydrogens is 206 g/mol. The minimum atomic E-state index is -0.634. The van der Waals surface area contributed by atoms with Gasteiger partial charge in [0.05, 0.1) is 16.4 Å². The minimum Gasteiger partial charge on any atom is -0.389 e. The smallest absolute Gasteiger partial charge is 0.277 e. The highest BCUT2D eigenvalue weighted by Crippen LogP contribution is 2.30. The molecule has 0 spiro atoms. The lowest BCUT2D eigenvalue weighted by molar-refractivity contribution is -0.383. The maximum Gasteiger partial charge on any atom is 0.277 e. The highest BCUT2D eigenvalue weighted by molar-refractivity contribution is 5.93. The lowest BCUT2D eigenvalue weighted by Crippen LogP contribution is -1.95. The number of nitro benzene ring substituents is 1. The summed E-state index contributed by atoms with van der Waals surface area (Å²) in [6, 6.07) is 10.1. The number of rotatable bonds is 2. The van der Waals surface area contributed by atoms with Crippen molar-refractivity contribution in [3.63, 3.8) is 0 Å². The van der Waals surface area contributed by atoms with Crippen LogP contribution >= 0.6 is 0 Å². The highest BCUT2D eigenvalue weighted by atomic mass is 16.6. The number of nitro groups is 1. The number of non-ortho nitro benzene ring substituents is 1. The molecule has 0 bridgehead atoms. The van der Waals surface area contributed by atoms with Crippen molar-refractivity contribution in [1.82, 2.24) is 0 Å². The molecule has 82 valence electrons. The van der Waals surface area contributed by atoms with Crippen LogP contribution in [-0.4, -0.2) is 10.0 Å². The topological polar surface area (TPSA) is 63.4 Å². The monoisotopic (exact) mass is 217 g/mol. The Balaban J connectivity index is 2.81. The molecule has 1 unspecified atom stereocenters. The van der Waals surface area contributed by atoms with Gasteiger partial charge >= 0.3 is 0 Å². The Kier molecular flexibility index (Phi) is 2.58. The Morgan fingerprint density at radius 2 is 1.81 bits per heavy atom. The largest absolute Gasteiger partial charge is 0.389 e. The summed E-state index contributed by atoms with van der Waals surface area (Å²) in [4.78, 5) is 10.4. The quantitative estimate of drug-likeness (QED) is 0.621. The number of nitrogens with zero attached hydrogens (tertiary/aromatic N) is 1. The van der Waals surface area contributed by atoms with Crippen molar-refractivity contribution in [1.29, 1.82) is 0 Å². The molecule has 0 saturated heterocycles. The van der Waals surface area contributed by atoms with Crippen LogP contribution in [0.2, 0.25) is 0 Å². The molecule has 0 saturated carbocycles. The van der Waals surface area contributed by atoms with Crippen LogP contribution in [0.15, 0.2) is 36.4 Å². The molecule has 0 aliphatic carbocycles. The van der Waals surface area contributed by atoms with Crippen LogP contribution in [0.4, 0.5) is 5.69 Å². The number of hydrogen-bond donors (Lipinski definition) is 1. The third kappa shape index (κ3) is 1.63. The number of hydrogen-bond acceptors (Lipinski definition) is 3. The van der Waals surface area contributed by atoms with E-state index >= 15 is 0 Å². The molecular formula is C12H11NO3. The lowest BCUT2D eigenvalue weighted by Gasteiger charge is -2.08. The second-order valence-corrected chi connectivity index (χ2v) is 3.65. The first-order valence-electron chi connectivity index (χ1n) is 4.95. The predicted octanol–water partition coefficient (Wildman–Crippen LogP) is 2.80. The third-order valence-corrected chi connectivity index (χ3v) is 2.58. The van der Waals surface area contributed by atoms with Crippen molar-refractivity contribution < 1.29 is 10.0 Å². The van der Waals surface area contributed by atoms with Crippen LogP contribution in [0.5, 0.6) is 0 Å². The van der Waals surface area contributed by atoms with E-state index in [-0.39, 0.29) is 5.69 Å². The fourth-order valence-corrected chi connectivity index (χ4v) is 1.84. The summed E-state index contributed by atoms with van der Waals surface area (Å²) in [5, 5.41) is 21.7. The van der Waals surface area contributed by atoms with Crippen molar-refractivity contribution in [3.05, 3.63) is 52.1 Å². The summed E-state index contributed by atoms with van der Waals surface area (Å²) in [5.41, 5.74) is 0.779. The summed E-state index contributed by atoms with van der Waals surface area (Å²) in [6.07, 6.45) is -0.634. The molecule has 1 atom stereocenters. The van der Waals surface area contributed by atoms with E-state index in [0.717, 1.165) is 5.39 Å². The standard InChI is InChI=1S/C12H11NO3/c1-8(14)9-4-2-6-11-10(9)5-3-7-12(11)13(15)16/h2-8,14H,1H3. The summed E-state index contributed by atoms with van der Waals surface area (Å²) in [7, 11) is 0. The van der Waals surface area contributed by atoms with Crippen molar-refractivity contribution in [2.45, 2.75) is 13.0 Å². The van der Waals surface area contributed by atoms with Gasteiger partial charge in [0, 0.05) is 6.07 Å². The van der Waals surface area contributed by atoms with Gasteiger partial charge in [0.2, 0.25) is 0 Å². The van der Waals surface area contributed by atoms with E-state index in [0.29, 0.717) is 10.9 Å². The summed E-state index contributed by atoms with van der Waals surface area (Å²) in [5.74, 6) is 0. The molecule has 0 radical (unpaired) electrons. The zero-order chi connectivity index (χ0) is 11.7. The second kappa shape index (κ2) is 3.90. The van der Waals surface area contributed by atoms with Gasteiger partial charge in [0.15, 0.2) is 0 Å². The first kappa shape index (κ1) is 10.6. The maximum absolute atomic E-state index is 10.8. The van der Waals surface area contributed by atoms with Gasteiger partial charge in [-0.2, -0.15) is 0 Å². The Morgan fingerprint density at radius 1 is 1.19 bits per heavy atom. The molecule has 0 fully saturated rings. The Hall–Kier alpha value is -1.94. The van der Waals surface area contributed by atoms with Gasteiger partial charge in [-0.15, -0.1) is 0 Å². The van der Waals surface area contributed by atoms with Gasteiger partial charge in [0.1, 0.15) is 0 Å². The van der Waals surface area contributed by atoms with Crippen LogP contribution in [0.25, 0.3) is 10.8 Å². The molecule has 2 aromatic rings. The highest BCUT2D eigenvalue weighted by Gasteiger charge is 2.14. The van der Waals surface area contributed by atoms with Crippen molar-refractivity contribution in [3.8, 4) is 0 Å². The molecule has 1 N–H and O–H groups in total. The van der Waals surface area contributed by atoms with E-state index in [4.69, 9.17) is 0 Å². The van der Waals surface area contributed by atoms with Crippen molar-refractivity contribution in [2.75, 3.05) is 0 Å². The Labute approximate surface area is 92.3 Å². The predicted molar refractivity (Wildman–Crippen MR) is 61.2 cm³/mol.